The largest absolute Gasteiger partial charge is 0.493 e. The Bertz CT molecular complexity index is 1910. The SMILES string of the molecule is CCOc1ccccc1/C=C(\NC(=O)c1ccccc1)C(=O)Nc1ccc(SC(C(=O)Nc2cc(C)ccc2C)c2ccccc2)cc1. The topological polar surface area (TPSA) is 96.5 Å². The van der Waals surface area contributed by atoms with Crippen LogP contribution in [-0.2, 0) is 9.59 Å². The van der Waals surface area contributed by atoms with Crippen molar-refractivity contribution in [1.82, 2.24) is 5.32 Å². The lowest BCUT2D eigenvalue weighted by Gasteiger charge is -2.18. The first kappa shape index (κ1) is 33.8. The summed E-state index contributed by atoms with van der Waals surface area (Å²) in [5.41, 5.74) is 5.36. The molecule has 0 heterocycles. The van der Waals surface area contributed by atoms with Gasteiger partial charge in [-0.3, -0.25) is 14.4 Å². The number of aryl methyl sites for hydroxylation is 2. The maximum atomic E-state index is 13.6. The van der Waals surface area contributed by atoms with Gasteiger partial charge in [-0.25, -0.2) is 0 Å². The highest BCUT2D eigenvalue weighted by Crippen LogP contribution is 2.37. The Balaban J connectivity index is 1.35. The van der Waals surface area contributed by atoms with Crippen LogP contribution in [0.15, 0.2) is 138 Å². The fourth-order valence-electron chi connectivity index (χ4n) is 4.91. The Morgan fingerprint density at radius 2 is 1.44 bits per heavy atom. The monoisotopic (exact) mass is 655 g/mol. The zero-order chi connectivity index (χ0) is 33.9. The fraction of sp³-hybridized carbons (Fsp3) is 0.125. The molecule has 3 amide bonds. The zero-order valence-corrected chi connectivity index (χ0v) is 27.8. The second-order valence-electron chi connectivity index (χ2n) is 11.0. The van der Waals surface area contributed by atoms with Gasteiger partial charge in [0.25, 0.3) is 11.8 Å². The summed E-state index contributed by atoms with van der Waals surface area (Å²) in [6.45, 7) is 6.30. The molecule has 0 aliphatic heterocycles. The number of hydrogen-bond donors (Lipinski definition) is 3. The maximum Gasteiger partial charge on any atom is 0.272 e. The molecule has 5 rings (SSSR count). The Kier molecular flexibility index (Phi) is 11.5. The van der Waals surface area contributed by atoms with Gasteiger partial charge >= 0.3 is 0 Å². The van der Waals surface area contributed by atoms with Gasteiger partial charge in [0.1, 0.15) is 16.7 Å². The van der Waals surface area contributed by atoms with Gasteiger partial charge in [0.05, 0.1) is 6.61 Å². The molecule has 0 saturated carbocycles. The van der Waals surface area contributed by atoms with Crippen LogP contribution in [0.5, 0.6) is 5.75 Å². The molecule has 0 bridgehead atoms. The van der Waals surface area contributed by atoms with Gasteiger partial charge in [-0.05, 0) is 92.1 Å². The Hall–Kier alpha value is -5.60. The summed E-state index contributed by atoms with van der Waals surface area (Å²) in [7, 11) is 0. The molecule has 0 aromatic heterocycles. The number of thioether (sulfide) groups is 1. The van der Waals surface area contributed by atoms with E-state index in [0.717, 1.165) is 27.3 Å². The number of carbonyl (C=O) groups excluding carboxylic acids is 3. The number of ether oxygens (including phenoxy) is 1. The van der Waals surface area contributed by atoms with Crippen molar-refractivity contribution < 1.29 is 19.1 Å². The predicted octanol–water partition coefficient (Wildman–Crippen LogP) is 8.58. The van der Waals surface area contributed by atoms with E-state index in [-0.39, 0.29) is 11.6 Å². The second-order valence-corrected chi connectivity index (χ2v) is 12.2. The first-order valence-electron chi connectivity index (χ1n) is 15.6. The van der Waals surface area contributed by atoms with Gasteiger partial charge in [0.2, 0.25) is 5.91 Å². The van der Waals surface area contributed by atoms with Gasteiger partial charge in [-0.15, -0.1) is 11.8 Å². The Labute approximate surface area is 285 Å². The quantitative estimate of drug-likeness (QED) is 0.0924. The molecule has 0 aliphatic carbocycles. The fourth-order valence-corrected chi connectivity index (χ4v) is 5.93. The lowest BCUT2D eigenvalue weighted by molar-refractivity contribution is -0.116. The number of nitrogens with one attached hydrogen (secondary N) is 3. The molecule has 5 aromatic rings. The van der Waals surface area contributed by atoms with Crippen molar-refractivity contribution in [2.24, 2.45) is 0 Å². The second kappa shape index (κ2) is 16.3. The first-order chi connectivity index (χ1) is 23.3. The summed E-state index contributed by atoms with van der Waals surface area (Å²) in [5.74, 6) is -0.450. The highest BCUT2D eigenvalue weighted by atomic mass is 32.2. The van der Waals surface area contributed by atoms with Gasteiger partial charge in [-0.2, -0.15) is 0 Å². The van der Waals surface area contributed by atoms with Crippen molar-refractivity contribution >= 4 is 46.9 Å². The molecule has 0 fully saturated rings. The zero-order valence-electron chi connectivity index (χ0n) is 27.0. The van der Waals surface area contributed by atoms with Crippen LogP contribution in [0.3, 0.4) is 0 Å². The van der Waals surface area contributed by atoms with E-state index in [1.807, 2.05) is 112 Å². The van der Waals surface area contributed by atoms with Crippen LogP contribution in [0.1, 0.15) is 44.8 Å². The summed E-state index contributed by atoms with van der Waals surface area (Å²) < 4.78 is 5.74. The van der Waals surface area contributed by atoms with Crippen molar-refractivity contribution in [3.63, 3.8) is 0 Å². The van der Waals surface area contributed by atoms with Crippen molar-refractivity contribution in [1.29, 1.82) is 0 Å². The summed E-state index contributed by atoms with van der Waals surface area (Å²) in [5, 5.41) is 8.27. The van der Waals surface area contributed by atoms with E-state index >= 15 is 0 Å². The van der Waals surface area contributed by atoms with E-state index in [0.29, 0.717) is 29.2 Å². The van der Waals surface area contributed by atoms with Gasteiger partial charge in [-0.1, -0.05) is 78.9 Å². The van der Waals surface area contributed by atoms with Crippen LogP contribution in [0.4, 0.5) is 11.4 Å². The highest BCUT2D eigenvalue weighted by molar-refractivity contribution is 8.00. The highest BCUT2D eigenvalue weighted by Gasteiger charge is 2.23. The van der Waals surface area contributed by atoms with Gasteiger partial charge in [0.15, 0.2) is 0 Å². The average molecular weight is 656 g/mol. The van der Waals surface area contributed by atoms with Crippen LogP contribution in [-0.4, -0.2) is 24.3 Å². The van der Waals surface area contributed by atoms with Crippen molar-refractivity contribution in [2.45, 2.75) is 30.9 Å². The molecule has 3 N–H and O–H groups in total. The van der Waals surface area contributed by atoms with E-state index in [9.17, 15) is 14.4 Å². The van der Waals surface area contributed by atoms with Crippen molar-refractivity contribution in [2.75, 3.05) is 17.2 Å². The normalized spacial score (nSPS) is 11.7. The van der Waals surface area contributed by atoms with Crippen LogP contribution in [0.2, 0.25) is 0 Å². The number of carbonyl (C=O) groups is 3. The lowest BCUT2D eigenvalue weighted by atomic mass is 10.1. The van der Waals surface area contributed by atoms with Gasteiger partial charge < -0.3 is 20.7 Å². The third kappa shape index (κ3) is 9.02. The molecule has 0 aliphatic rings. The molecule has 0 radical (unpaired) electrons. The molecule has 5 aromatic carbocycles. The number of benzene rings is 5. The van der Waals surface area contributed by atoms with E-state index < -0.39 is 17.1 Å². The summed E-state index contributed by atoms with van der Waals surface area (Å²) in [6, 6.07) is 38.9. The minimum absolute atomic E-state index is 0.0571. The van der Waals surface area contributed by atoms with Crippen LogP contribution < -0.4 is 20.7 Å². The number of hydrogen-bond acceptors (Lipinski definition) is 5. The van der Waals surface area contributed by atoms with E-state index in [1.165, 1.54) is 11.8 Å². The number of anilines is 2. The van der Waals surface area contributed by atoms with Crippen LogP contribution >= 0.6 is 11.8 Å². The number of rotatable bonds is 12. The van der Waals surface area contributed by atoms with E-state index in [4.69, 9.17) is 4.74 Å². The first-order valence-corrected chi connectivity index (χ1v) is 16.5. The Morgan fingerprint density at radius 1 is 0.771 bits per heavy atom. The van der Waals surface area contributed by atoms with E-state index in [2.05, 4.69) is 16.0 Å². The average Bonchev–Trinajstić information content (AvgIpc) is 3.10. The lowest BCUT2D eigenvalue weighted by Crippen LogP contribution is -2.30. The van der Waals surface area contributed by atoms with Crippen molar-refractivity contribution in [3.05, 3.63) is 161 Å². The minimum Gasteiger partial charge on any atom is -0.493 e. The predicted molar refractivity (Wildman–Crippen MR) is 194 cm³/mol. The third-order valence-corrected chi connectivity index (χ3v) is 8.67. The third-order valence-electron chi connectivity index (χ3n) is 7.41. The molecule has 0 saturated heterocycles. The molecule has 0 spiro atoms. The summed E-state index contributed by atoms with van der Waals surface area (Å²) in [6.07, 6.45) is 1.60. The molecule has 242 valence electrons. The molecular formula is C40H37N3O4S. The number of amides is 3. The molecule has 7 nitrogen and oxygen atoms in total. The van der Waals surface area contributed by atoms with Crippen LogP contribution in [0.25, 0.3) is 6.08 Å². The maximum absolute atomic E-state index is 13.6. The van der Waals surface area contributed by atoms with Crippen molar-refractivity contribution in [3.8, 4) is 5.75 Å². The molecule has 48 heavy (non-hydrogen) atoms. The molecule has 1 unspecified atom stereocenters. The standard InChI is InChI=1S/C40H37N3O4S/c1-4-47-36-18-12-11-17-31(36)26-35(43-38(44)30-15-9-6-10-16-30)39(45)41-32-21-23-33(24-22-32)48-37(29-13-7-5-8-14-29)40(46)42-34-25-27(2)19-20-28(34)3/h5-26,37H,4H2,1-3H3,(H,41,45)(H,42,46)(H,43,44)/b35-26-. The smallest absolute Gasteiger partial charge is 0.272 e. The minimum atomic E-state index is -0.514. The Morgan fingerprint density at radius 3 is 2.15 bits per heavy atom. The molecule has 8 heteroatoms. The summed E-state index contributed by atoms with van der Waals surface area (Å²) >= 11 is 1.42. The van der Waals surface area contributed by atoms with Gasteiger partial charge in [0, 0.05) is 27.4 Å². The van der Waals surface area contributed by atoms with E-state index in [1.54, 1.807) is 42.5 Å². The summed E-state index contributed by atoms with van der Waals surface area (Å²) in [4.78, 5) is 41.2. The van der Waals surface area contributed by atoms with Crippen LogP contribution in [0, 0.1) is 13.8 Å². The number of para-hydroxylation sites is 1. The molecular weight excluding hydrogens is 619 g/mol. The molecule has 1 atom stereocenters.